The third kappa shape index (κ3) is 5.98. The summed E-state index contributed by atoms with van der Waals surface area (Å²) in [6.45, 7) is 0.0877. The molecule has 0 aliphatic carbocycles. The number of rotatable bonds is 7. The molecule has 0 unspecified atom stereocenters. The van der Waals surface area contributed by atoms with E-state index in [1.54, 1.807) is 23.6 Å². The lowest BCUT2D eigenvalue weighted by Gasteiger charge is -2.14. The number of hydrogen-bond donors (Lipinski definition) is 1. The molecule has 0 heterocycles. The van der Waals surface area contributed by atoms with Gasteiger partial charge in [0.15, 0.2) is 34.8 Å². The van der Waals surface area contributed by atoms with Crippen molar-refractivity contribution in [3.63, 3.8) is 0 Å². The van der Waals surface area contributed by atoms with Crippen LogP contribution in [0.4, 0.5) is 36.4 Å². The van der Waals surface area contributed by atoms with Crippen LogP contribution in [-0.2, 0) is 12.8 Å². The van der Waals surface area contributed by atoms with E-state index >= 15 is 0 Å². The quantitative estimate of drug-likeness (QED) is 0.125. The van der Waals surface area contributed by atoms with Gasteiger partial charge in [0.05, 0.1) is 27.8 Å². The van der Waals surface area contributed by atoms with Crippen LogP contribution in [-0.4, -0.2) is 13.3 Å². The number of ether oxygens (including phenoxy) is 2. The van der Waals surface area contributed by atoms with Gasteiger partial charge >= 0.3 is 6.18 Å². The van der Waals surface area contributed by atoms with Gasteiger partial charge in [-0.2, -0.15) is 18.3 Å². The number of methoxy groups -OCH3 is 1. The van der Waals surface area contributed by atoms with Crippen LogP contribution in [0.5, 0.6) is 11.5 Å². The van der Waals surface area contributed by atoms with Gasteiger partial charge in [0, 0.05) is 0 Å². The Hall–Kier alpha value is -2.70. The first-order chi connectivity index (χ1) is 16.8. The number of hydrazone groups is 1. The highest BCUT2D eigenvalue weighted by molar-refractivity contribution is 9.10. The predicted molar refractivity (Wildman–Crippen MR) is 124 cm³/mol. The Bertz CT molecular complexity index is 1310. The molecule has 0 radical (unpaired) electrons. The molecule has 192 valence electrons. The van der Waals surface area contributed by atoms with Crippen molar-refractivity contribution in [2.75, 3.05) is 12.5 Å². The number of alkyl halides is 3. The molecule has 14 heteroatoms. The molecule has 3 rings (SSSR count). The SMILES string of the molecule is COc1cc(/C=N/Nc2c(F)c(F)c(C(F)(F)F)c(F)c2F)cc(Br)c1OCc1ccc(Cl)c(Cl)c1. The molecule has 0 aliphatic heterocycles. The van der Waals surface area contributed by atoms with Gasteiger partial charge in [0.2, 0.25) is 0 Å². The first-order valence-corrected chi connectivity index (χ1v) is 11.1. The maximum Gasteiger partial charge on any atom is 0.422 e. The Labute approximate surface area is 217 Å². The standard InChI is InChI=1S/C22H12BrCl2F7N2O2/c1-35-14-6-10(4-11(23)21(14)36-8-9-2-3-12(24)13(25)5-9)7-33-34-20-18(28)16(26)15(22(30,31)32)17(27)19(20)29/h2-7,34H,8H2,1H3/b33-7+. The van der Waals surface area contributed by atoms with Crippen molar-refractivity contribution in [1.29, 1.82) is 0 Å². The highest BCUT2D eigenvalue weighted by Gasteiger charge is 2.42. The second-order valence-electron chi connectivity index (χ2n) is 6.94. The molecule has 0 amide bonds. The first kappa shape index (κ1) is 27.9. The molecule has 3 aromatic rings. The van der Waals surface area contributed by atoms with E-state index in [-0.39, 0.29) is 23.7 Å². The molecule has 0 fully saturated rings. The summed E-state index contributed by atoms with van der Waals surface area (Å²) in [6.07, 6.45) is -4.67. The Balaban J connectivity index is 1.82. The maximum absolute atomic E-state index is 14.0. The largest absolute Gasteiger partial charge is 0.493 e. The molecule has 0 aliphatic rings. The molecule has 1 N–H and O–H groups in total. The summed E-state index contributed by atoms with van der Waals surface area (Å²) < 4.78 is 105. The normalized spacial score (nSPS) is 11.8. The molecule has 36 heavy (non-hydrogen) atoms. The number of nitrogens with one attached hydrogen (secondary N) is 1. The zero-order valence-corrected chi connectivity index (χ0v) is 20.8. The number of hydrogen-bond acceptors (Lipinski definition) is 4. The van der Waals surface area contributed by atoms with Crippen LogP contribution < -0.4 is 14.9 Å². The monoisotopic (exact) mass is 618 g/mol. The summed E-state index contributed by atoms with van der Waals surface area (Å²) >= 11 is 15.2. The smallest absolute Gasteiger partial charge is 0.422 e. The maximum atomic E-state index is 14.0. The van der Waals surface area contributed by atoms with Crippen molar-refractivity contribution in [2.24, 2.45) is 5.10 Å². The van der Waals surface area contributed by atoms with Gasteiger partial charge in [0.25, 0.3) is 0 Å². The fourth-order valence-corrected chi connectivity index (χ4v) is 3.78. The Morgan fingerprint density at radius 3 is 2.17 bits per heavy atom. The average Bonchev–Trinajstić information content (AvgIpc) is 2.80. The second-order valence-corrected chi connectivity index (χ2v) is 8.61. The molecule has 3 aromatic carbocycles. The molecule has 0 bridgehead atoms. The van der Waals surface area contributed by atoms with Gasteiger partial charge in [0.1, 0.15) is 17.9 Å². The lowest BCUT2D eigenvalue weighted by molar-refractivity contribution is -0.143. The minimum atomic E-state index is -5.65. The van der Waals surface area contributed by atoms with Crippen LogP contribution in [0.3, 0.4) is 0 Å². The highest BCUT2D eigenvalue weighted by Crippen LogP contribution is 2.39. The summed E-state index contributed by atoms with van der Waals surface area (Å²) in [5, 5.41) is 4.16. The first-order valence-electron chi connectivity index (χ1n) is 9.51. The average molecular weight is 620 g/mol. The number of anilines is 1. The molecular formula is C22H12BrCl2F7N2O2. The van der Waals surface area contributed by atoms with Gasteiger partial charge in [-0.15, -0.1) is 0 Å². The highest BCUT2D eigenvalue weighted by atomic mass is 79.9. The number of halogens is 10. The van der Waals surface area contributed by atoms with Crippen molar-refractivity contribution in [2.45, 2.75) is 12.8 Å². The fraction of sp³-hybridized carbons (Fsp3) is 0.136. The predicted octanol–water partition coefficient (Wildman–Crippen LogP) is 8.36. The van der Waals surface area contributed by atoms with Crippen molar-refractivity contribution in [3.05, 3.63) is 84.8 Å². The van der Waals surface area contributed by atoms with Gasteiger partial charge in [-0.05, 0) is 51.3 Å². The third-order valence-electron chi connectivity index (χ3n) is 4.56. The molecule has 0 saturated heterocycles. The van der Waals surface area contributed by atoms with Crippen molar-refractivity contribution < 1.29 is 40.2 Å². The van der Waals surface area contributed by atoms with Crippen LogP contribution in [0, 0.1) is 23.3 Å². The van der Waals surface area contributed by atoms with E-state index < -0.39 is 40.7 Å². The second kappa shape index (κ2) is 11.1. The van der Waals surface area contributed by atoms with Crippen molar-refractivity contribution in [1.82, 2.24) is 0 Å². The summed E-state index contributed by atoms with van der Waals surface area (Å²) in [5.41, 5.74) is -1.59. The molecule has 0 spiro atoms. The summed E-state index contributed by atoms with van der Waals surface area (Å²) in [5.74, 6) is -9.31. The fourth-order valence-electron chi connectivity index (χ4n) is 2.89. The van der Waals surface area contributed by atoms with E-state index in [0.29, 0.717) is 20.1 Å². The molecule has 4 nitrogen and oxygen atoms in total. The minimum Gasteiger partial charge on any atom is -0.493 e. The zero-order chi connectivity index (χ0) is 26.8. The van der Waals surface area contributed by atoms with Crippen LogP contribution in [0.2, 0.25) is 10.0 Å². The molecule has 0 saturated carbocycles. The van der Waals surface area contributed by atoms with Gasteiger partial charge in [-0.25, -0.2) is 17.6 Å². The Kier molecular flexibility index (Phi) is 8.63. The molecule has 0 aromatic heterocycles. The topological polar surface area (TPSA) is 42.8 Å². The number of benzene rings is 3. The van der Waals surface area contributed by atoms with E-state index in [1.807, 2.05) is 0 Å². The lowest BCUT2D eigenvalue weighted by Crippen LogP contribution is -2.16. The Morgan fingerprint density at radius 2 is 1.61 bits per heavy atom. The van der Waals surface area contributed by atoms with Gasteiger partial charge in [-0.3, -0.25) is 5.43 Å². The van der Waals surface area contributed by atoms with Gasteiger partial charge < -0.3 is 9.47 Å². The molecule has 0 atom stereocenters. The summed E-state index contributed by atoms with van der Waals surface area (Å²) in [7, 11) is 1.34. The van der Waals surface area contributed by atoms with Crippen LogP contribution in [0.15, 0.2) is 39.9 Å². The number of nitrogens with zero attached hydrogens (tertiary/aromatic N) is 1. The van der Waals surface area contributed by atoms with Crippen molar-refractivity contribution in [3.8, 4) is 11.5 Å². The minimum absolute atomic E-state index is 0.0877. The summed E-state index contributed by atoms with van der Waals surface area (Å²) in [6, 6.07) is 7.77. The van der Waals surface area contributed by atoms with E-state index in [2.05, 4.69) is 21.0 Å². The third-order valence-corrected chi connectivity index (χ3v) is 5.88. The van der Waals surface area contributed by atoms with Crippen LogP contribution in [0.1, 0.15) is 16.7 Å². The molecular weight excluding hydrogens is 608 g/mol. The van der Waals surface area contributed by atoms with E-state index in [1.165, 1.54) is 19.2 Å². The summed E-state index contributed by atoms with van der Waals surface area (Å²) in [4.78, 5) is 0. The van der Waals surface area contributed by atoms with Gasteiger partial charge in [-0.1, -0.05) is 29.3 Å². The van der Waals surface area contributed by atoms with Crippen molar-refractivity contribution >= 4 is 51.0 Å². The van der Waals surface area contributed by atoms with E-state index in [0.717, 1.165) is 6.21 Å². The van der Waals surface area contributed by atoms with Crippen LogP contribution >= 0.6 is 39.1 Å². The zero-order valence-electron chi connectivity index (χ0n) is 17.7. The van der Waals surface area contributed by atoms with E-state index in [4.69, 9.17) is 32.7 Å². The lowest BCUT2D eigenvalue weighted by atomic mass is 10.1. The Morgan fingerprint density at radius 1 is 0.972 bits per heavy atom. The van der Waals surface area contributed by atoms with Crippen LogP contribution in [0.25, 0.3) is 0 Å². The van der Waals surface area contributed by atoms with E-state index in [9.17, 15) is 30.7 Å².